The van der Waals surface area contributed by atoms with Crippen molar-refractivity contribution in [3.05, 3.63) is 65.2 Å². The van der Waals surface area contributed by atoms with E-state index in [9.17, 15) is 9.59 Å². The molecule has 0 aromatic heterocycles. The van der Waals surface area contributed by atoms with Gasteiger partial charge in [-0.05, 0) is 57.5 Å². The van der Waals surface area contributed by atoms with Crippen molar-refractivity contribution in [2.75, 3.05) is 5.32 Å². The number of carbonyl (C=O) groups is 2. The fourth-order valence-electron chi connectivity index (χ4n) is 2.55. The summed E-state index contributed by atoms with van der Waals surface area (Å²) in [4.78, 5) is 27.6. The highest BCUT2D eigenvalue weighted by Gasteiger charge is 2.40. The number of amides is 2. The van der Waals surface area contributed by atoms with E-state index in [0.29, 0.717) is 17.3 Å². The predicted molar refractivity (Wildman–Crippen MR) is 106 cm³/mol. The van der Waals surface area contributed by atoms with Gasteiger partial charge in [-0.3, -0.25) is 9.59 Å². The van der Waals surface area contributed by atoms with Gasteiger partial charge in [0.2, 0.25) is 11.8 Å². The molecule has 0 heterocycles. The molecule has 138 valence electrons. The summed E-state index contributed by atoms with van der Waals surface area (Å²) in [6.07, 6.45) is 0. The second-order valence-electron chi connectivity index (χ2n) is 7.10. The van der Waals surface area contributed by atoms with Crippen LogP contribution in [0.2, 0.25) is 5.02 Å². The van der Waals surface area contributed by atoms with Gasteiger partial charge in [-0.2, -0.15) is 0 Å². The Hall–Kier alpha value is -2.33. The zero-order valence-electron chi connectivity index (χ0n) is 15.6. The van der Waals surface area contributed by atoms with Crippen LogP contribution in [-0.2, 0) is 16.1 Å². The first-order valence-electron chi connectivity index (χ1n) is 8.64. The van der Waals surface area contributed by atoms with Crippen LogP contribution in [0.15, 0.2) is 54.6 Å². The molecular weight excluding hydrogens is 348 g/mol. The van der Waals surface area contributed by atoms with E-state index in [0.717, 1.165) is 5.56 Å². The van der Waals surface area contributed by atoms with Crippen LogP contribution < -0.4 is 5.32 Å². The Morgan fingerprint density at radius 2 is 1.62 bits per heavy atom. The lowest BCUT2D eigenvalue weighted by molar-refractivity contribution is -0.148. The highest BCUT2D eigenvalue weighted by Crippen LogP contribution is 2.25. The molecule has 26 heavy (non-hydrogen) atoms. The molecule has 1 N–H and O–H groups in total. The van der Waals surface area contributed by atoms with Gasteiger partial charge in [-0.1, -0.05) is 41.9 Å². The first kappa shape index (κ1) is 20.0. The van der Waals surface area contributed by atoms with Crippen molar-refractivity contribution in [1.82, 2.24) is 4.90 Å². The maximum atomic E-state index is 13.1. The SMILES string of the molecule is CC(C)N(Cc1ccccc1)C(=O)C(C)(C)C(=O)Nc1ccc(Cl)cc1. The van der Waals surface area contributed by atoms with E-state index in [1.54, 1.807) is 43.0 Å². The maximum absolute atomic E-state index is 13.1. The Bertz CT molecular complexity index is 755. The minimum Gasteiger partial charge on any atom is -0.335 e. The lowest BCUT2D eigenvalue weighted by atomic mass is 9.89. The molecular formula is C21H25ClN2O2. The smallest absolute Gasteiger partial charge is 0.239 e. The van der Waals surface area contributed by atoms with E-state index in [1.807, 2.05) is 44.2 Å². The quantitative estimate of drug-likeness (QED) is 0.744. The zero-order valence-corrected chi connectivity index (χ0v) is 16.4. The summed E-state index contributed by atoms with van der Waals surface area (Å²) in [5.74, 6) is -0.550. The van der Waals surface area contributed by atoms with Crippen LogP contribution in [0.4, 0.5) is 5.69 Å². The number of halogens is 1. The number of carbonyl (C=O) groups excluding carboxylic acids is 2. The molecule has 2 rings (SSSR count). The van der Waals surface area contributed by atoms with Gasteiger partial charge in [0.15, 0.2) is 0 Å². The third-order valence-electron chi connectivity index (χ3n) is 4.28. The van der Waals surface area contributed by atoms with Crippen LogP contribution in [0, 0.1) is 5.41 Å². The topological polar surface area (TPSA) is 49.4 Å². The Balaban J connectivity index is 2.16. The highest BCUT2D eigenvalue weighted by molar-refractivity contribution is 6.30. The summed E-state index contributed by atoms with van der Waals surface area (Å²) in [7, 11) is 0. The fraction of sp³-hybridized carbons (Fsp3) is 0.333. The molecule has 2 amide bonds. The molecule has 0 spiro atoms. The molecule has 0 fully saturated rings. The molecule has 0 saturated heterocycles. The van der Waals surface area contributed by atoms with Gasteiger partial charge in [0.05, 0.1) is 0 Å². The van der Waals surface area contributed by atoms with E-state index < -0.39 is 5.41 Å². The van der Waals surface area contributed by atoms with E-state index >= 15 is 0 Å². The van der Waals surface area contributed by atoms with Crippen molar-refractivity contribution in [3.63, 3.8) is 0 Å². The van der Waals surface area contributed by atoms with Crippen LogP contribution in [0.25, 0.3) is 0 Å². The van der Waals surface area contributed by atoms with Crippen molar-refractivity contribution in [3.8, 4) is 0 Å². The lowest BCUT2D eigenvalue weighted by Gasteiger charge is -2.34. The van der Waals surface area contributed by atoms with Gasteiger partial charge in [0.25, 0.3) is 0 Å². The number of hydrogen-bond donors (Lipinski definition) is 1. The van der Waals surface area contributed by atoms with E-state index in [-0.39, 0.29) is 17.9 Å². The molecule has 0 radical (unpaired) electrons. The number of rotatable bonds is 6. The molecule has 0 atom stereocenters. The fourth-order valence-corrected chi connectivity index (χ4v) is 2.67. The zero-order chi connectivity index (χ0) is 19.3. The minimum atomic E-state index is -1.20. The van der Waals surface area contributed by atoms with E-state index in [4.69, 9.17) is 11.6 Å². The normalized spacial score (nSPS) is 11.3. The molecule has 0 aliphatic heterocycles. The first-order valence-corrected chi connectivity index (χ1v) is 9.01. The monoisotopic (exact) mass is 372 g/mol. The average Bonchev–Trinajstić information content (AvgIpc) is 2.61. The van der Waals surface area contributed by atoms with Crippen molar-refractivity contribution >= 4 is 29.1 Å². The summed E-state index contributed by atoms with van der Waals surface area (Å²) < 4.78 is 0. The number of nitrogens with zero attached hydrogens (tertiary/aromatic N) is 1. The Labute approximate surface area is 160 Å². The van der Waals surface area contributed by atoms with Crippen LogP contribution in [-0.4, -0.2) is 22.8 Å². The standard InChI is InChI=1S/C21H25ClN2O2/c1-15(2)24(14-16-8-6-5-7-9-16)20(26)21(3,4)19(25)23-18-12-10-17(22)11-13-18/h5-13,15H,14H2,1-4H3,(H,23,25). The molecule has 0 aliphatic rings. The summed E-state index contributed by atoms with van der Waals surface area (Å²) in [5, 5.41) is 3.39. The molecule has 2 aromatic carbocycles. The van der Waals surface area contributed by atoms with Gasteiger partial charge in [0, 0.05) is 23.3 Å². The third-order valence-corrected chi connectivity index (χ3v) is 4.54. The number of benzene rings is 2. The van der Waals surface area contributed by atoms with E-state index in [1.165, 1.54) is 0 Å². The van der Waals surface area contributed by atoms with Gasteiger partial charge in [-0.25, -0.2) is 0 Å². The van der Waals surface area contributed by atoms with Gasteiger partial charge >= 0.3 is 0 Å². The van der Waals surface area contributed by atoms with Crippen LogP contribution in [0.1, 0.15) is 33.3 Å². The van der Waals surface area contributed by atoms with Gasteiger partial charge in [-0.15, -0.1) is 0 Å². The number of nitrogens with one attached hydrogen (secondary N) is 1. The summed E-state index contributed by atoms with van der Waals surface area (Å²) in [5.41, 5.74) is 0.446. The molecule has 0 saturated carbocycles. The minimum absolute atomic E-state index is 0.0229. The lowest BCUT2D eigenvalue weighted by Crippen LogP contribution is -2.49. The third kappa shape index (κ3) is 4.85. The first-order chi connectivity index (χ1) is 12.2. The van der Waals surface area contributed by atoms with Gasteiger partial charge in [0.1, 0.15) is 5.41 Å². The van der Waals surface area contributed by atoms with Crippen molar-refractivity contribution in [2.24, 2.45) is 5.41 Å². The summed E-state index contributed by atoms with van der Waals surface area (Å²) in [6.45, 7) is 7.68. The van der Waals surface area contributed by atoms with Crippen LogP contribution in [0.5, 0.6) is 0 Å². The highest BCUT2D eigenvalue weighted by atomic mass is 35.5. The van der Waals surface area contributed by atoms with Crippen LogP contribution in [0.3, 0.4) is 0 Å². The Morgan fingerprint density at radius 1 is 1.04 bits per heavy atom. The second kappa shape index (κ2) is 8.37. The summed E-state index contributed by atoms with van der Waals surface area (Å²) in [6, 6.07) is 16.6. The van der Waals surface area contributed by atoms with Crippen molar-refractivity contribution in [2.45, 2.75) is 40.3 Å². The molecule has 2 aromatic rings. The van der Waals surface area contributed by atoms with E-state index in [2.05, 4.69) is 5.32 Å². The Kier molecular flexibility index (Phi) is 6.43. The Morgan fingerprint density at radius 3 is 2.15 bits per heavy atom. The molecule has 4 nitrogen and oxygen atoms in total. The maximum Gasteiger partial charge on any atom is 0.239 e. The van der Waals surface area contributed by atoms with Gasteiger partial charge < -0.3 is 10.2 Å². The predicted octanol–water partition coefficient (Wildman–Crippen LogP) is 4.74. The molecule has 0 bridgehead atoms. The largest absolute Gasteiger partial charge is 0.335 e. The van der Waals surface area contributed by atoms with Crippen LogP contribution >= 0.6 is 11.6 Å². The summed E-state index contributed by atoms with van der Waals surface area (Å²) >= 11 is 5.87. The van der Waals surface area contributed by atoms with Crippen molar-refractivity contribution < 1.29 is 9.59 Å². The van der Waals surface area contributed by atoms with Crippen molar-refractivity contribution in [1.29, 1.82) is 0 Å². The average molecular weight is 373 g/mol. The number of hydrogen-bond acceptors (Lipinski definition) is 2. The second-order valence-corrected chi connectivity index (χ2v) is 7.53. The molecule has 0 unspecified atom stereocenters. The number of anilines is 1. The molecule has 0 aliphatic carbocycles. The molecule has 5 heteroatoms.